The maximum absolute atomic E-state index is 11.5. The van der Waals surface area contributed by atoms with Gasteiger partial charge in [0, 0.05) is 48.0 Å². The third-order valence-electron chi connectivity index (χ3n) is 8.25. The Morgan fingerprint density at radius 1 is 0.536 bits per heavy atom. The van der Waals surface area contributed by atoms with Crippen molar-refractivity contribution >= 4 is 31.6 Å². The van der Waals surface area contributed by atoms with Gasteiger partial charge in [0.25, 0.3) is 11.4 Å². The van der Waals surface area contributed by atoms with Crippen molar-refractivity contribution in [2.45, 2.75) is 49.8 Å². The van der Waals surface area contributed by atoms with Crippen LogP contribution in [0.1, 0.15) is 37.5 Å². The average Bonchev–Trinajstić information content (AvgIpc) is 3.14. The van der Waals surface area contributed by atoms with Gasteiger partial charge in [-0.1, -0.05) is 74.4 Å². The van der Waals surface area contributed by atoms with Gasteiger partial charge in [-0.15, -0.1) is 0 Å². The fraction of sp³-hybridized carbons (Fsp3) is 0.150. The number of aromatic nitrogens is 2. The van der Waals surface area contributed by atoms with Crippen LogP contribution in [0.4, 0.5) is 11.4 Å². The Hall–Kier alpha value is -6.20. The van der Waals surface area contributed by atoms with Gasteiger partial charge in [-0.2, -0.15) is 9.13 Å². The Labute approximate surface area is 324 Å². The fourth-order valence-corrected chi connectivity index (χ4v) is 6.23. The monoisotopic (exact) mass is 798 g/mol. The minimum Gasteiger partial charge on any atom is -0.744 e. The van der Waals surface area contributed by atoms with Crippen LogP contribution < -0.4 is 9.13 Å². The first kappa shape index (κ1) is 42.5. The molecule has 0 bridgehead atoms. The van der Waals surface area contributed by atoms with Crippen molar-refractivity contribution in [2.75, 3.05) is 0 Å². The van der Waals surface area contributed by atoms with Crippen molar-refractivity contribution in [1.82, 2.24) is 0 Å². The molecule has 0 radical (unpaired) electrons. The second kappa shape index (κ2) is 17.5. The van der Waals surface area contributed by atoms with Gasteiger partial charge in [0.15, 0.2) is 24.8 Å². The molecule has 0 aliphatic carbocycles. The van der Waals surface area contributed by atoms with Gasteiger partial charge >= 0.3 is 5.69 Å². The van der Waals surface area contributed by atoms with Crippen molar-refractivity contribution in [1.29, 1.82) is 0 Å². The normalized spacial score (nSPS) is 11.3. The summed E-state index contributed by atoms with van der Waals surface area (Å²) in [6.45, 7) is 10.2. The lowest BCUT2D eigenvalue weighted by molar-refractivity contribution is -0.600. The summed E-state index contributed by atoms with van der Waals surface area (Å²) in [7, 11) is -8.54. The first-order chi connectivity index (χ1) is 26.1. The van der Waals surface area contributed by atoms with Gasteiger partial charge in [0.2, 0.25) is 5.69 Å². The van der Waals surface area contributed by atoms with Gasteiger partial charge in [-0.3, -0.25) is 20.2 Å². The molecule has 14 nitrogen and oxygen atoms in total. The van der Waals surface area contributed by atoms with Gasteiger partial charge < -0.3 is 9.11 Å². The molecule has 0 fully saturated rings. The lowest BCUT2D eigenvalue weighted by atomic mass is 9.85. The van der Waals surface area contributed by atoms with Crippen LogP contribution in [0.3, 0.4) is 0 Å². The Balaban J connectivity index is 0.000000256. The molecule has 16 heteroatoms. The van der Waals surface area contributed by atoms with E-state index in [4.69, 9.17) is 0 Å². The smallest absolute Gasteiger partial charge is 0.347 e. The van der Waals surface area contributed by atoms with E-state index in [0.717, 1.165) is 34.0 Å². The molecular formula is C40H38N4O10S2. The number of non-ortho nitro benzene ring substituents is 1. The van der Waals surface area contributed by atoms with Gasteiger partial charge in [-0.25, -0.2) is 16.8 Å². The quantitative estimate of drug-likeness (QED) is 0.0712. The fourth-order valence-electron chi connectivity index (χ4n) is 5.29. The number of nitro benzene ring substituents is 2. The van der Waals surface area contributed by atoms with E-state index in [1.807, 2.05) is 62.6 Å². The SMILES string of the molecule is CC(C)(C)c1ccccc1-[n+]1ccc(-c2cc[n+](-c3ccc([N+](=O)[O-])cc3[N+](=O)[O-])cc2)cc1.Cc1ccc(S(=O)(=O)[O-])cc1.Cc1ccc(S(=O)(=O)[O-])cc1. The second-order valence-corrected chi connectivity index (χ2v) is 16.2. The molecule has 0 N–H and O–H groups in total. The summed E-state index contributed by atoms with van der Waals surface area (Å²) in [6, 6.07) is 31.3. The molecule has 0 unspecified atom stereocenters. The van der Waals surface area contributed by atoms with E-state index in [1.165, 1.54) is 42.0 Å². The number of rotatable bonds is 7. The number of benzene rings is 4. The van der Waals surface area contributed by atoms with Crippen LogP contribution in [0.5, 0.6) is 0 Å². The number of para-hydroxylation sites is 1. The minimum absolute atomic E-state index is 0.00972. The van der Waals surface area contributed by atoms with Crippen LogP contribution >= 0.6 is 0 Å². The molecule has 0 saturated carbocycles. The summed E-state index contributed by atoms with van der Waals surface area (Å²) in [5.41, 5.74) is 5.78. The number of nitrogens with zero attached hydrogens (tertiary/aromatic N) is 4. The molecular weight excluding hydrogens is 761 g/mol. The average molecular weight is 799 g/mol. The van der Waals surface area contributed by atoms with Crippen LogP contribution in [-0.2, 0) is 25.7 Å². The zero-order valence-corrected chi connectivity index (χ0v) is 32.6. The summed E-state index contributed by atoms with van der Waals surface area (Å²) in [6.07, 6.45) is 7.45. The van der Waals surface area contributed by atoms with Crippen LogP contribution in [-0.4, -0.2) is 35.8 Å². The van der Waals surface area contributed by atoms with Crippen molar-refractivity contribution in [3.8, 4) is 22.5 Å². The molecule has 6 aromatic rings. The van der Waals surface area contributed by atoms with Crippen molar-refractivity contribution in [3.63, 3.8) is 0 Å². The van der Waals surface area contributed by atoms with Gasteiger partial charge in [0.05, 0.1) is 19.6 Å². The summed E-state index contributed by atoms with van der Waals surface area (Å²) in [5, 5.41) is 22.4. The molecule has 6 rings (SSSR count). The molecule has 2 heterocycles. The molecule has 4 aromatic carbocycles. The topological polar surface area (TPSA) is 208 Å². The van der Waals surface area contributed by atoms with E-state index < -0.39 is 30.1 Å². The maximum atomic E-state index is 11.5. The van der Waals surface area contributed by atoms with E-state index in [2.05, 4.69) is 37.5 Å². The highest BCUT2D eigenvalue weighted by atomic mass is 32.2. The lowest BCUT2D eigenvalue weighted by Crippen LogP contribution is -2.33. The molecule has 2 aromatic heterocycles. The Morgan fingerprint density at radius 3 is 1.32 bits per heavy atom. The van der Waals surface area contributed by atoms with Crippen LogP contribution in [0.2, 0.25) is 0 Å². The zero-order chi connectivity index (χ0) is 41.4. The Bertz CT molecular complexity index is 2480. The highest BCUT2D eigenvalue weighted by Gasteiger charge is 2.26. The van der Waals surface area contributed by atoms with Crippen molar-refractivity contribution < 1.29 is 44.9 Å². The lowest BCUT2D eigenvalue weighted by Gasteiger charge is -2.19. The van der Waals surface area contributed by atoms with E-state index in [-0.39, 0.29) is 32.3 Å². The van der Waals surface area contributed by atoms with E-state index >= 15 is 0 Å². The third kappa shape index (κ3) is 11.4. The van der Waals surface area contributed by atoms with Crippen molar-refractivity contribution in [2.24, 2.45) is 0 Å². The predicted molar refractivity (Wildman–Crippen MR) is 205 cm³/mol. The number of aryl methyl sites for hydroxylation is 2. The van der Waals surface area contributed by atoms with Gasteiger partial charge in [-0.05, 0) is 54.7 Å². The highest BCUT2D eigenvalue weighted by molar-refractivity contribution is 7.86. The number of pyridine rings is 2. The van der Waals surface area contributed by atoms with Crippen LogP contribution in [0.25, 0.3) is 22.5 Å². The van der Waals surface area contributed by atoms with Gasteiger partial charge in [0.1, 0.15) is 26.3 Å². The van der Waals surface area contributed by atoms with Crippen LogP contribution in [0, 0.1) is 34.1 Å². The van der Waals surface area contributed by atoms with E-state index in [9.17, 15) is 46.2 Å². The summed E-state index contributed by atoms with van der Waals surface area (Å²) in [5.74, 6) is 0. The number of hydrogen-bond donors (Lipinski definition) is 0. The maximum Gasteiger partial charge on any atom is 0.347 e. The summed E-state index contributed by atoms with van der Waals surface area (Å²) >= 11 is 0. The van der Waals surface area contributed by atoms with Crippen LogP contribution in [0.15, 0.2) is 150 Å². The number of hydrogen-bond acceptors (Lipinski definition) is 10. The van der Waals surface area contributed by atoms with E-state index in [0.29, 0.717) is 0 Å². The molecule has 0 spiro atoms. The molecule has 0 aliphatic heterocycles. The minimum atomic E-state index is -4.27. The molecule has 290 valence electrons. The van der Waals surface area contributed by atoms with Crippen molar-refractivity contribution in [3.05, 3.63) is 177 Å². The highest BCUT2D eigenvalue weighted by Crippen LogP contribution is 2.27. The third-order valence-corrected chi connectivity index (χ3v) is 9.95. The Morgan fingerprint density at radius 2 is 0.946 bits per heavy atom. The molecule has 0 saturated heterocycles. The predicted octanol–water partition coefficient (Wildman–Crippen LogP) is 6.82. The molecule has 0 atom stereocenters. The zero-order valence-electron chi connectivity index (χ0n) is 31.0. The number of nitro groups is 2. The first-order valence-corrected chi connectivity index (χ1v) is 19.6. The summed E-state index contributed by atoms with van der Waals surface area (Å²) < 4.78 is 66.0. The molecule has 0 aliphatic rings. The largest absolute Gasteiger partial charge is 0.744 e. The Kier molecular flexibility index (Phi) is 13.3. The first-order valence-electron chi connectivity index (χ1n) is 16.8. The summed E-state index contributed by atoms with van der Waals surface area (Å²) in [4.78, 5) is 20.8. The standard InChI is InChI=1S/C26H24N4O4.2C7H8O3S/c1-26(2,3)22-6-4-5-7-23(22)27-14-10-19(11-15-27)20-12-16-28(17-13-20)24-9-8-21(29(31)32)18-25(24)30(33)34;2*1-6-2-4-7(5-3-6)11(8,9)10/h4-18H,1-3H3;2*2-5H,1H3,(H,8,9,10)/q+2;;/p-2. The van der Waals surface area contributed by atoms with E-state index in [1.54, 1.807) is 41.2 Å². The second-order valence-electron chi connectivity index (χ2n) is 13.5. The molecule has 0 amide bonds. The molecule has 56 heavy (non-hydrogen) atoms.